The molecule has 0 saturated carbocycles. The van der Waals surface area contributed by atoms with Crippen LogP contribution in [0, 0.1) is 4.91 Å². The quantitative estimate of drug-likeness (QED) is 0.532. The smallest absolute Gasteiger partial charge is 0.342 e. The van der Waals surface area contributed by atoms with Crippen LogP contribution in [-0.4, -0.2) is 28.7 Å². The number of hydrazone groups is 1. The first-order chi connectivity index (χ1) is 5.57. The Morgan fingerprint density at radius 1 is 1.75 bits per heavy atom. The Balaban J connectivity index is 2.94. The summed E-state index contributed by atoms with van der Waals surface area (Å²) in [4.78, 5) is 31.6. The molecule has 2 N–H and O–H groups in total. The van der Waals surface area contributed by atoms with Crippen molar-refractivity contribution in [1.82, 2.24) is 5.01 Å². The Morgan fingerprint density at radius 3 is 2.58 bits per heavy atom. The number of imide groups is 1. The second kappa shape index (κ2) is 2.68. The molecular formula is C5H6N4O3. The van der Waals surface area contributed by atoms with Crippen LogP contribution in [0.4, 0.5) is 4.79 Å². The predicted molar refractivity (Wildman–Crippen MR) is 39.1 cm³/mol. The molecule has 1 aliphatic heterocycles. The van der Waals surface area contributed by atoms with Gasteiger partial charge in [-0.3, -0.25) is 4.79 Å². The molecule has 1 rings (SSSR count). The third-order valence-electron chi connectivity index (χ3n) is 1.41. The van der Waals surface area contributed by atoms with Gasteiger partial charge in [-0.15, -0.1) is 9.92 Å². The van der Waals surface area contributed by atoms with Gasteiger partial charge in [-0.2, -0.15) is 5.10 Å². The van der Waals surface area contributed by atoms with Gasteiger partial charge < -0.3 is 5.73 Å². The molecule has 1 atom stereocenters. The molecule has 12 heavy (non-hydrogen) atoms. The molecule has 7 nitrogen and oxygen atoms in total. The second-order valence-corrected chi connectivity index (χ2v) is 2.24. The van der Waals surface area contributed by atoms with E-state index in [0.717, 1.165) is 0 Å². The third-order valence-corrected chi connectivity index (χ3v) is 1.41. The van der Waals surface area contributed by atoms with Gasteiger partial charge in [0.15, 0.2) is 0 Å². The summed E-state index contributed by atoms with van der Waals surface area (Å²) in [6.07, 6.45) is 0. The number of rotatable bonds is 1. The number of hydrogen-bond acceptors (Lipinski definition) is 5. The number of nitrogens with zero attached hydrogens (tertiary/aromatic N) is 3. The summed E-state index contributed by atoms with van der Waals surface area (Å²) in [7, 11) is 0. The van der Waals surface area contributed by atoms with E-state index in [4.69, 9.17) is 5.73 Å². The van der Waals surface area contributed by atoms with Crippen LogP contribution in [0.25, 0.3) is 0 Å². The molecule has 7 heteroatoms. The van der Waals surface area contributed by atoms with Crippen LogP contribution in [0.15, 0.2) is 10.3 Å². The number of hydrogen-bond donors (Lipinski definition) is 1. The fourth-order valence-corrected chi connectivity index (χ4v) is 0.835. The number of amides is 3. The van der Waals surface area contributed by atoms with Gasteiger partial charge in [0.25, 0.3) is 5.91 Å². The van der Waals surface area contributed by atoms with Crippen molar-refractivity contribution in [3.63, 3.8) is 0 Å². The van der Waals surface area contributed by atoms with Crippen molar-refractivity contribution in [3.8, 4) is 0 Å². The Hall–Kier alpha value is -1.79. The van der Waals surface area contributed by atoms with Crippen molar-refractivity contribution >= 4 is 17.6 Å². The lowest BCUT2D eigenvalue weighted by molar-refractivity contribution is -0.126. The van der Waals surface area contributed by atoms with Crippen molar-refractivity contribution in [1.29, 1.82) is 0 Å². The molecule has 0 aliphatic carbocycles. The average molecular weight is 170 g/mol. The monoisotopic (exact) mass is 170 g/mol. The highest BCUT2D eigenvalue weighted by Gasteiger charge is 2.37. The van der Waals surface area contributed by atoms with E-state index in [2.05, 4.69) is 10.3 Å². The molecule has 0 aromatic carbocycles. The van der Waals surface area contributed by atoms with Crippen molar-refractivity contribution in [3.05, 3.63) is 4.91 Å². The van der Waals surface area contributed by atoms with Gasteiger partial charge in [0.05, 0.1) is 5.71 Å². The van der Waals surface area contributed by atoms with Crippen LogP contribution in [0.5, 0.6) is 0 Å². The number of carbonyl (C=O) groups is 2. The van der Waals surface area contributed by atoms with Gasteiger partial charge >= 0.3 is 6.03 Å². The lowest BCUT2D eigenvalue weighted by Crippen LogP contribution is -2.37. The summed E-state index contributed by atoms with van der Waals surface area (Å²) in [5.41, 5.74) is 4.96. The minimum absolute atomic E-state index is 0.175. The molecule has 0 bridgehead atoms. The van der Waals surface area contributed by atoms with E-state index in [9.17, 15) is 14.5 Å². The third kappa shape index (κ3) is 1.04. The standard InChI is InChI=1S/C5H6N4O3/c1-2-3(8-12)4(10)9(7-2)5(6)11/h3H,1H3,(H2,6,11). The zero-order chi connectivity index (χ0) is 9.30. The maximum atomic E-state index is 11.0. The van der Waals surface area contributed by atoms with Crippen LogP contribution < -0.4 is 5.73 Å². The van der Waals surface area contributed by atoms with E-state index >= 15 is 0 Å². The van der Waals surface area contributed by atoms with Crippen molar-refractivity contribution in [2.24, 2.45) is 16.0 Å². The molecule has 0 saturated heterocycles. The van der Waals surface area contributed by atoms with Crippen LogP contribution in [0.1, 0.15) is 6.92 Å². The van der Waals surface area contributed by atoms with E-state index in [1.165, 1.54) is 6.92 Å². The number of urea groups is 1. The fourth-order valence-electron chi connectivity index (χ4n) is 0.835. The van der Waals surface area contributed by atoms with Gasteiger partial charge in [0.2, 0.25) is 6.04 Å². The van der Waals surface area contributed by atoms with E-state index in [-0.39, 0.29) is 5.71 Å². The van der Waals surface area contributed by atoms with Crippen LogP contribution in [0.3, 0.4) is 0 Å². The first-order valence-corrected chi connectivity index (χ1v) is 3.09. The first kappa shape index (κ1) is 8.31. The highest BCUT2D eigenvalue weighted by molar-refractivity contribution is 6.15. The Labute approximate surface area is 67.2 Å². The van der Waals surface area contributed by atoms with Crippen molar-refractivity contribution in [2.45, 2.75) is 13.0 Å². The van der Waals surface area contributed by atoms with Gasteiger partial charge in [-0.25, -0.2) is 4.79 Å². The van der Waals surface area contributed by atoms with Crippen molar-refractivity contribution in [2.75, 3.05) is 0 Å². The summed E-state index contributed by atoms with van der Waals surface area (Å²) >= 11 is 0. The zero-order valence-electron chi connectivity index (χ0n) is 6.22. The zero-order valence-corrected chi connectivity index (χ0v) is 6.22. The second-order valence-electron chi connectivity index (χ2n) is 2.24. The van der Waals surface area contributed by atoms with Gasteiger partial charge in [-0.1, -0.05) is 5.18 Å². The number of primary amides is 1. The van der Waals surface area contributed by atoms with E-state index < -0.39 is 18.0 Å². The van der Waals surface area contributed by atoms with Gasteiger partial charge in [-0.05, 0) is 6.92 Å². The highest BCUT2D eigenvalue weighted by Crippen LogP contribution is 2.11. The minimum atomic E-state index is -1.20. The maximum absolute atomic E-state index is 11.0. The number of carbonyl (C=O) groups excluding carboxylic acids is 2. The lowest BCUT2D eigenvalue weighted by Gasteiger charge is -2.04. The molecule has 1 heterocycles. The Kier molecular flexibility index (Phi) is 1.86. The Bertz CT molecular complexity index is 284. The number of nitroso groups, excluding NO2 is 1. The summed E-state index contributed by atoms with van der Waals surface area (Å²) in [6.45, 7) is 1.42. The molecule has 0 radical (unpaired) electrons. The summed E-state index contributed by atoms with van der Waals surface area (Å²) in [5.74, 6) is -0.796. The molecule has 0 fully saturated rings. The fraction of sp³-hybridized carbons (Fsp3) is 0.400. The van der Waals surface area contributed by atoms with Crippen LogP contribution in [0.2, 0.25) is 0 Å². The Morgan fingerprint density at radius 2 is 2.33 bits per heavy atom. The molecule has 64 valence electrons. The average Bonchev–Trinajstić information content (AvgIpc) is 2.27. The molecule has 1 aliphatic rings. The van der Waals surface area contributed by atoms with Gasteiger partial charge in [0, 0.05) is 0 Å². The van der Waals surface area contributed by atoms with Crippen LogP contribution in [-0.2, 0) is 4.79 Å². The molecule has 3 amide bonds. The molecule has 0 aromatic heterocycles. The molecular weight excluding hydrogens is 164 g/mol. The topological polar surface area (TPSA) is 105 Å². The highest BCUT2D eigenvalue weighted by atomic mass is 16.3. The van der Waals surface area contributed by atoms with E-state index in [0.29, 0.717) is 5.01 Å². The summed E-state index contributed by atoms with van der Waals surface area (Å²) in [5, 5.41) is 6.39. The molecule has 0 spiro atoms. The summed E-state index contributed by atoms with van der Waals surface area (Å²) in [6, 6.07) is -2.21. The largest absolute Gasteiger partial charge is 0.350 e. The lowest BCUT2D eigenvalue weighted by atomic mass is 10.2. The first-order valence-electron chi connectivity index (χ1n) is 3.09. The molecule has 0 aromatic rings. The van der Waals surface area contributed by atoms with Crippen molar-refractivity contribution < 1.29 is 9.59 Å². The predicted octanol–water partition coefficient (Wildman–Crippen LogP) is -0.582. The number of nitrogens with two attached hydrogens (primary N) is 1. The summed E-state index contributed by atoms with van der Waals surface area (Å²) < 4.78 is 0. The normalized spacial score (nSPS) is 22.4. The van der Waals surface area contributed by atoms with E-state index in [1.54, 1.807) is 0 Å². The maximum Gasteiger partial charge on any atom is 0.342 e. The molecule has 1 unspecified atom stereocenters. The van der Waals surface area contributed by atoms with Crippen LogP contribution >= 0.6 is 0 Å². The minimum Gasteiger partial charge on any atom is -0.350 e. The van der Waals surface area contributed by atoms with E-state index in [1.807, 2.05) is 0 Å². The van der Waals surface area contributed by atoms with Gasteiger partial charge in [0.1, 0.15) is 0 Å². The SMILES string of the molecule is CC1=NN(C(N)=O)C(=O)C1N=O.